The van der Waals surface area contributed by atoms with Crippen molar-refractivity contribution in [1.82, 2.24) is 0 Å². The van der Waals surface area contributed by atoms with Crippen molar-refractivity contribution in [2.75, 3.05) is 6.61 Å². The van der Waals surface area contributed by atoms with Crippen LogP contribution < -0.4 is 0 Å². The maximum Gasteiger partial charge on any atom is 0.343 e. The average Bonchev–Trinajstić information content (AvgIpc) is 2.17. The molecule has 0 aromatic carbocycles. The van der Waals surface area contributed by atoms with E-state index >= 15 is 0 Å². The largest absolute Gasteiger partial charge is 0.479 e. The van der Waals surface area contributed by atoms with Crippen LogP contribution in [0, 0.1) is 0 Å². The van der Waals surface area contributed by atoms with E-state index in [2.05, 4.69) is 6.92 Å². The molecule has 0 rings (SSSR count). The van der Waals surface area contributed by atoms with E-state index in [1.54, 1.807) is 13.8 Å². The fourth-order valence-electron chi connectivity index (χ4n) is 0.975. The summed E-state index contributed by atoms with van der Waals surface area (Å²) in [5.74, 6) is -1.26. The Kier molecular flexibility index (Phi) is 13.5. The quantitative estimate of drug-likeness (QED) is 0.360. The van der Waals surface area contributed by atoms with E-state index < -0.39 is 23.1 Å². The molecule has 7 heteroatoms. The molecule has 0 aromatic rings. The number of thioether (sulfide) groups is 1. The van der Waals surface area contributed by atoms with Crippen LogP contribution in [-0.2, 0) is 14.3 Å². The zero-order valence-corrected chi connectivity index (χ0v) is 13.7. The molecular formula is C10H20O5SSb. The molecule has 17 heavy (non-hydrogen) atoms. The number of carboxylic acid groups (broad SMARTS) is 1. The maximum atomic E-state index is 10.4. The van der Waals surface area contributed by atoms with Gasteiger partial charge in [0.15, 0.2) is 11.7 Å². The number of ether oxygens (including phenoxy) is 2. The van der Waals surface area contributed by atoms with Gasteiger partial charge in [0.05, 0.1) is 0 Å². The van der Waals surface area contributed by atoms with Gasteiger partial charge in [-0.3, -0.25) is 0 Å². The molecule has 0 saturated carbocycles. The van der Waals surface area contributed by atoms with E-state index in [1.807, 2.05) is 0 Å². The number of hydrogen-bond acceptors (Lipinski definition) is 5. The number of aliphatic hydroxyl groups is 1. The Hall–Kier alpha value is 0.518. The molecule has 0 aliphatic carbocycles. The monoisotopic (exact) mass is 373 g/mol. The average molecular weight is 374 g/mol. The molecule has 0 aliphatic rings. The molecule has 2 N–H and O–H groups in total. The minimum atomic E-state index is -1.46. The van der Waals surface area contributed by atoms with Crippen LogP contribution in [0.25, 0.3) is 0 Å². The minimum absolute atomic E-state index is 0. The van der Waals surface area contributed by atoms with Crippen LogP contribution in [0.4, 0.5) is 0 Å². The standard InChI is InChI=1S/C10H20O5S.Sb/c1-4-5-6-14-7(2)15-8(3)16-10(13)9(11)12;/h7-8,10,13H,4-6H2,1-3H3,(H,11,12);. The van der Waals surface area contributed by atoms with E-state index in [9.17, 15) is 4.79 Å². The minimum Gasteiger partial charge on any atom is -0.479 e. The zero-order chi connectivity index (χ0) is 12.6. The van der Waals surface area contributed by atoms with E-state index in [0.29, 0.717) is 6.61 Å². The van der Waals surface area contributed by atoms with Crippen LogP contribution in [-0.4, -0.2) is 64.4 Å². The number of unbranched alkanes of at least 4 members (excludes halogenated alkanes) is 1. The molecular weight excluding hydrogens is 354 g/mol. The van der Waals surface area contributed by atoms with Crippen molar-refractivity contribution in [2.45, 2.75) is 50.8 Å². The fraction of sp³-hybridized carbons (Fsp3) is 0.900. The molecule has 3 atom stereocenters. The maximum absolute atomic E-state index is 10.4. The molecule has 0 spiro atoms. The molecule has 0 bridgehead atoms. The van der Waals surface area contributed by atoms with Crippen molar-refractivity contribution in [3.63, 3.8) is 0 Å². The van der Waals surface area contributed by atoms with Gasteiger partial charge in [-0.2, -0.15) is 0 Å². The molecule has 101 valence electrons. The topological polar surface area (TPSA) is 76.0 Å². The Morgan fingerprint density at radius 1 is 1.41 bits per heavy atom. The van der Waals surface area contributed by atoms with Gasteiger partial charge in [-0.05, 0) is 20.3 Å². The second-order valence-corrected chi connectivity index (χ2v) is 4.70. The third-order valence-electron chi connectivity index (χ3n) is 1.77. The van der Waals surface area contributed by atoms with Crippen LogP contribution in [0.3, 0.4) is 0 Å². The van der Waals surface area contributed by atoms with Gasteiger partial charge in [0.1, 0.15) is 5.44 Å². The normalized spacial score (nSPS) is 15.8. The second-order valence-electron chi connectivity index (χ2n) is 3.32. The van der Waals surface area contributed by atoms with Crippen molar-refractivity contribution in [1.29, 1.82) is 0 Å². The summed E-state index contributed by atoms with van der Waals surface area (Å²) >= 11 is 0.829. The first kappa shape index (κ1) is 19.8. The SMILES string of the molecule is CCCCOC(C)OC(C)SC(O)C(=O)O.[Sb]. The number of rotatable bonds is 9. The number of hydrogen-bond donors (Lipinski definition) is 2. The Morgan fingerprint density at radius 3 is 2.47 bits per heavy atom. The third-order valence-corrected chi connectivity index (χ3v) is 2.72. The summed E-state index contributed by atoms with van der Waals surface area (Å²) in [5.41, 5.74) is -1.89. The predicted molar refractivity (Wildman–Crippen MR) is 67.9 cm³/mol. The van der Waals surface area contributed by atoms with Crippen molar-refractivity contribution in [2.24, 2.45) is 0 Å². The summed E-state index contributed by atoms with van der Waals surface area (Å²) in [4.78, 5) is 10.4. The summed E-state index contributed by atoms with van der Waals surface area (Å²) in [7, 11) is 0. The Balaban J connectivity index is 0. The summed E-state index contributed by atoms with van der Waals surface area (Å²) in [5, 5.41) is 17.5. The summed E-state index contributed by atoms with van der Waals surface area (Å²) in [6.45, 7) is 6.11. The third kappa shape index (κ3) is 11.3. The fourth-order valence-corrected chi connectivity index (χ4v) is 1.67. The van der Waals surface area contributed by atoms with Crippen LogP contribution in [0.5, 0.6) is 0 Å². The van der Waals surface area contributed by atoms with Crippen LogP contribution in [0.15, 0.2) is 0 Å². The number of aliphatic hydroxyl groups excluding tert-OH is 1. The first-order chi connectivity index (χ1) is 7.47. The zero-order valence-electron chi connectivity index (χ0n) is 10.3. The van der Waals surface area contributed by atoms with E-state index in [1.165, 1.54) is 0 Å². The smallest absolute Gasteiger partial charge is 0.343 e. The Labute approximate surface area is 124 Å². The van der Waals surface area contributed by atoms with Gasteiger partial charge >= 0.3 is 5.97 Å². The molecule has 5 nitrogen and oxygen atoms in total. The van der Waals surface area contributed by atoms with Gasteiger partial charge in [0, 0.05) is 31.0 Å². The number of carboxylic acids is 1. The van der Waals surface area contributed by atoms with Crippen molar-refractivity contribution >= 4 is 42.2 Å². The molecule has 0 amide bonds. The van der Waals surface area contributed by atoms with E-state index in [0.717, 1.165) is 24.6 Å². The van der Waals surface area contributed by atoms with Gasteiger partial charge in [-0.1, -0.05) is 25.1 Å². The van der Waals surface area contributed by atoms with Crippen LogP contribution in [0.2, 0.25) is 0 Å². The Morgan fingerprint density at radius 2 is 2.00 bits per heavy atom. The molecule has 0 aliphatic heterocycles. The summed E-state index contributed by atoms with van der Waals surface area (Å²) < 4.78 is 10.7. The molecule has 0 saturated heterocycles. The van der Waals surface area contributed by atoms with Gasteiger partial charge in [0.2, 0.25) is 0 Å². The summed E-state index contributed by atoms with van der Waals surface area (Å²) in [6, 6.07) is 0. The number of aliphatic carboxylic acids is 1. The predicted octanol–water partition coefficient (Wildman–Crippen LogP) is 1.27. The van der Waals surface area contributed by atoms with E-state index in [-0.39, 0.29) is 24.4 Å². The van der Waals surface area contributed by atoms with Crippen molar-refractivity contribution in [3.8, 4) is 0 Å². The van der Waals surface area contributed by atoms with Gasteiger partial charge in [0.25, 0.3) is 0 Å². The molecule has 0 heterocycles. The summed E-state index contributed by atoms with van der Waals surface area (Å²) in [6.07, 6.45) is 1.62. The second kappa shape index (κ2) is 11.6. The van der Waals surface area contributed by atoms with Gasteiger partial charge < -0.3 is 19.7 Å². The van der Waals surface area contributed by atoms with Crippen LogP contribution in [0.1, 0.15) is 33.6 Å². The molecule has 3 radical (unpaired) electrons. The van der Waals surface area contributed by atoms with Gasteiger partial charge in [-0.25, -0.2) is 4.79 Å². The van der Waals surface area contributed by atoms with Crippen molar-refractivity contribution in [3.05, 3.63) is 0 Å². The first-order valence-corrected chi connectivity index (χ1v) is 6.25. The van der Waals surface area contributed by atoms with Crippen molar-refractivity contribution < 1.29 is 24.5 Å². The first-order valence-electron chi connectivity index (χ1n) is 5.30. The van der Waals surface area contributed by atoms with Crippen LogP contribution >= 0.6 is 11.8 Å². The Bertz CT molecular complexity index is 205. The number of carbonyl (C=O) groups is 1. The molecule has 0 fully saturated rings. The molecule has 3 unspecified atom stereocenters. The van der Waals surface area contributed by atoms with Gasteiger partial charge in [-0.15, -0.1) is 0 Å². The van der Waals surface area contributed by atoms with E-state index in [4.69, 9.17) is 19.7 Å². The molecule has 0 aromatic heterocycles.